The molecule has 1 aromatic heterocycles. The topological polar surface area (TPSA) is 88.1 Å². The maximum atomic E-state index is 13.8. The van der Waals surface area contributed by atoms with Gasteiger partial charge in [0.1, 0.15) is 17.3 Å². The Bertz CT molecular complexity index is 1050. The lowest BCUT2D eigenvalue weighted by molar-refractivity contribution is 0.0950. The van der Waals surface area contributed by atoms with Crippen LogP contribution in [0, 0.1) is 17.5 Å². The fourth-order valence-electron chi connectivity index (χ4n) is 2.59. The minimum Gasteiger partial charge on any atom is -0.350 e. The Hall–Kier alpha value is -3.82. The van der Waals surface area contributed by atoms with E-state index in [1.165, 1.54) is 41.3 Å². The van der Waals surface area contributed by atoms with E-state index >= 15 is 0 Å². The molecule has 30 heavy (non-hydrogen) atoms. The molecule has 0 atom stereocenters. The van der Waals surface area contributed by atoms with Gasteiger partial charge in [-0.2, -0.15) is 5.10 Å². The van der Waals surface area contributed by atoms with E-state index in [0.717, 1.165) is 12.1 Å². The summed E-state index contributed by atoms with van der Waals surface area (Å²) in [6.07, 6.45) is 2.95. The molecule has 0 spiro atoms. The molecular formula is C20H18F3N5O2. The van der Waals surface area contributed by atoms with Crippen LogP contribution in [-0.2, 0) is 6.54 Å². The second-order valence-electron chi connectivity index (χ2n) is 6.23. The molecule has 0 aliphatic carbocycles. The van der Waals surface area contributed by atoms with Gasteiger partial charge in [0, 0.05) is 37.5 Å². The van der Waals surface area contributed by atoms with Gasteiger partial charge in [-0.25, -0.2) is 22.6 Å². The quantitative estimate of drug-likeness (QED) is 0.516. The molecule has 0 bridgehead atoms. The van der Waals surface area contributed by atoms with Crippen LogP contribution in [0.4, 0.5) is 18.0 Å². The van der Waals surface area contributed by atoms with Crippen LogP contribution in [0.1, 0.15) is 15.9 Å². The molecule has 0 radical (unpaired) electrons. The SMILES string of the molecule is O=C(NCCNC(=O)c1ccccc1F)NCc1cnn(-c2ccc(F)cc2F)c1. The highest BCUT2D eigenvalue weighted by Crippen LogP contribution is 2.14. The van der Waals surface area contributed by atoms with Crippen LogP contribution in [0.5, 0.6) is 0 Å². The number of urea groups is 1. The Morgan fingerprint density at radius 2 is 1.70 bits per heavy atom. The van der Waals surface area contributed by atoms with Gasteiger partial charge in [0.25, 0.3) is 5.91 Å². The maximum Gasteiger partial charge on any atom is 0.315 e. The maximum absolute atomic E-state index is 13.8. The molecule has 3 N–H and O–H groups in total. The molecule has 0 saturated heterocycles. The normalized spacial score (nSPS) is 10.5. The summed E-state index contributed by atoms with van der Waals surface area (Å²) >= 11 is 0. The predicted octanol–water partition coefficient (Wildman–Crippen LogP) is 2.52. The zero-order valence-electron chi connectivity index (χ0n) is 15.7. The van der Waals surface area contributed by atoms with Crippen molar-refractivity contribution in [3.05, 3.63) is 83.4 Å². The third-order valence-corrected chi connectivity index (χ3v) is 4.06. The third-order valence-electron chi connectivity index (χ3n) is 4.06. The molecule has 2 aromatic carbocycles. The summed E-state index contributed by atoms with van der Waals surface area (Å²) in [7, 11) is 0. The van der Waals surface area contributed by atoms with Crippen LogP contribution in [-0.4, -0.2) is 34.8 Å². The van der Waals surface area contributed by atoms with E-state index in [1.54, 1.807) is 6.07 Å². The van der Waals surface area contributed by atoms with Crippen LogP contribution in [0.3, 0.4) is 0 Å². The molecule has 0 aliphatic rings. The lowest BCUT2D eigenvalue weighted by atomic mass is 10.2. The molecule has 0 saturated carbocycles. The summed E-state index contributed by atoms with van der Waals surface area (Å²) in [5.74, 6) is -2.64. The molecule has 0 aliphatic heterocycles. The van der Waals surface area contributed by atoms with E-state index in [4.69, 9.17) is 0 Å². The number of benzene rings is 2. The van der Waals surface area contributed by atoms with Gasteiger partial charge in [-0.3, -0.25) is 4.79 Å². The van der Waals surface area contributed by atoms with Crippen LogP contribution in [0.2, 0.25) is 0 Å². The largest absolute Gasteiger partial charge is 0.350 e. The van der Waals surface area contributed by atoms with Gasteiger partial charge in [-0.1, -0.05) is 12.1 Å². The van der Waals surface area contributed by atoms with Crippen LogP contribution in [0.25, 0.3) is 5.69 Å². The second kappa shape index (κ2) is 9.59. The monoisotopic (exact) mass is 417 g/mol. The first-order valence-corrected chi connectivity index (χ1v) is 8.97. The van der Waals surface area contributed by atoms with E-state index in [1.807, 2.05) is 0 Å². The van der Waals surface area contributed by atoms with Gasteiger partial charge in [0.2, 0.25) is 0 Å². The molecule has 0 fully saturated rings. The van der Waals surface area contributed by atoms with E-state index in [-0.39, 0.29) is 30.9 Å². The number of nitrogens with one attached hydrogen (secondary N) is 3. The number of nitrogens with zero attached hydrogens (tertiary/aromatic N) is 2. The second-order valence-corrected chi connectivity index (χ2v) is 6.23. The smallest absolute Gasteiger partial charge is 0.315 e. The summed E-state index contributed by atoms with van der Waals surface area (Å²) in [5.41, 5.74) is 0.607. The third kappa shape index (κ3) is 5.37. The number of hydrogen-bond acceptors (Lipinski definition) is 3. The minimum atomic E-state index is -0.757. The van der Waals surface area contributed by atoms with Gasteiger partial charge in [-0.05, 0) is 24.3 Å². The molecule has 3 amide bonds. The van der Waals surface area contributed by atoms with Gasteiger partial charge in [0.05, 0.1) is 11.8 Å². The average Bonchev–Trinajstić information content (AvgIpc) is 3.18. The first-order chi connectivity index (χ1) is 14.4. The van der Waals surface area contributed by atoms with Crippen molar-refractivity contribution in [3.8, 4) is 5.69 Å². The Labute approximate surface area is 169 Å². The molecule has 10 heteroatoms. The Morgan fingerprint density at radius 3 is 2.47 bits per heavy atom. The highest BCUT2D eigenvalue weighted by molar-refractivity contribution is 5.94. The predicted molar refractivity (Wildman–Crippen MR) is 102 cm³/mol. The van der Waals surface area contributed by atoms with Crippen molar-refractivity contribution in [2.45, 2.75) is 6.54 Å². The van der Waals surface area contributed by atoms with E-state index in [2.05, 4.69) is 21.0 Å². The standard InChI is InChI=1S/C20H18F3N5O2/c21-14-5-6-18(17(23)9-14)28-12-13(11-27-28)10-26-20(30)25-8-7-24-19(29)15-3-1-2-4-16(15)22/h1-6,9,11-12H,7-8,10H2,(H,24,29)(H2,25,26,30). The number of hydrogen-bond donors (Lipinski definition) is 3. The fraction of sp³-hybridized carbons (Fsp3) is 0.150. The molecule has 1 heterocycles. The number of amides is 3. The first kappa shape index (κ1) is 20.9. The van der Waals surface area contributed by atoms with Crippen molar-refractivity contribution in [1.29, 1.82) is 0 Å². The number of carbonyl (C=O) groups is 2. The first-order valence-electron chi connectivity index (χ1n) is 8.97. The molecular weight excluding hydrogens is 399 g/mol. The summed E-state index contributed by atoms with van der Waals surface area (Å²) in [4.78, 5) is 23.7. The van der Waals surface area contributed by atoms with Gasteiger partial charge >= 0.3 is 6.03 Å². The van der Waals surface area contributed by atoms with Crippen molar-refractivity contribution in [2.24, 2.45) is 0 Å². The average molecular weight is 417 g/mol. The van der Waals surface area contributed by atoms with E-state index < -0.39 is 29.4 Å². The Morgan fingerprint density at radius 1 is 0.933 bits per heavy atom. The molecule has 156 valence electrons. The number of rotatable bonds is 7. The summed E-state index contributed by atoms with van der Waals surface area (Å²) < 4.78 is 41.5. The number of halogens is 3. The van der Waals surface area contributed by atoms with Crippen LogP contribution >= 0.6 is 0 Å². The van der Waals surface area contributed by atoms with Crippen molar-refractivity contribution < 1.29 is 22.8 Å². The highest BCUT2D eigenvalue weighted by atomic mass is 19.1. The van der Waals surface area contributed by atoms with Crippen LogP contribution in [0.15, 0.2) is 54.9 Å². The number of carbonyl (C=O) groups excluding carboxylic acids is 2. The van der Waals surface area contributed by atoms with Gasteiger partial charge < -0.3 is 16.0 Å². The molecule has 7 nitrogen and oxygen atoms in total. The molecule has 0 unspecified atom stereocenters. The van der Waals surface area contributed by atoms with Crippen molar-refractivity contribution in [2.75, 3.05) is 13.1 Å². The lowest BCUT2D eigenvalue weighted by Crippen LogP contribution is -2.40. The Balaban J connectivity index is 1.40. The zero-order chi connectivity index (χ0) is 21.5. The zero-order valence-corrected chi connectivity index (χ0v) is 15.7. The van der Waals surface area contributed by atoms with Crippen molar-refractivity contribution in [3.63, 3.8) is 0 Å². The van der Waals surface area contributed by atoms with Gasteiger partial charge in [0.15, 0.2) is 5.82 Å². The fourth-order valence-corrected chi connectivity index (χ4v) is 2.59. The minimum absolute atomic E-state index is 0.0726. The number of aromatic nitrogens is 2. The van der Waals surface area contributed by atoms with E-state index in [9.17, 15) is 22.8 Å². The lowest BCUT2D eigenvalue weighted by Gasteiger charge is -2.08. The highest BCUT2D eigenvalue weighted by Gasteiger charge is 2.11. The summed E-state index contributed by atoms with van der Waals surface area (Å²) in [5, 5.41) is 11.6. The Kier molecular flexibility index (Phi) is 6.68. The van der Waals surface area contributed by atoms with E-state index in [0.29, 0.717) is 5.56 Å². The van der Waals surface area contributed by atoms with Crippen molar-refractivity contribution in [1.82, 2.24) is 25.7 Å². The molecule has 3 aromatic rings. The summed E-state index contributed by atoms with van der Waals surface area (Å²) in [6.45, 7) is 0.366. The summed E-state index contributed by atoms with van der Waals surface area (Å²) in [6, 6.07) is 8.24. The van der Waals surface area contributed by atoms with Crippen LogP contribution < -0.4 is 16.0 Å². The van der Waals surface area contributed by atoms with Gasteiger partial charge in [-0.15, -0.1) is 0 Å². The molecule has 3 rings (SSSR count). The van der Waals surface area contributed by atoms with Crippen molar-refractivity contribution >= 4 is 11.9 Å².